The van der Waals surface area contributed by atoms with Gasteiger partial charge in [-0.1, -0.05) is 13.0 Å². The predicted molar refractivity (Wildman–Crippen MR) is 85.3 cm³/mol. The summed E-state index contributed by atoms with van der Waals surface area (Å²) in [6, 6.07) is 3.24. The second-order valence-corrected chi connectivity index (χ2v) is 5.46. The molecule has 4 nitrogen and oxygen atoms in total. The van der Waals surface area contributed by atoms with Gasteiger partial charge in [0.25, 0.3) is 5.56 Å². The highest BCUT2D eigenvalue weighted by molar-refractivity contribution is 6.13. The number of carbonyl (C=O) groups is 1. The van der Waals surface area contributed by atoms with E-state index in [-0.39, 0.29) is 11.3 Å². The number of anilines is 1. The average Bonchev–Trinajstić information content (AvgIpc) is 2.45. The minimum absolute atomic E-state index is 0.0442. The topological polar surface area (TPSA) is 53.2 Å². The molecule has 0 saturated carbocycles. The van der Waals surface area contributed by atoms with Crippen molar-refractivity contribution in [2.45, 2.75) is 20.3 Å². The Balaban J connectivity index is 2.86. The molecule has 6 heteroatoms. The number of aromatic amines is 1. The number of hydrogen-bond donors (Lipinski definition) is 1. The van der Waals surface area contributed by atoms with Crippen molar-refractivity contribution < 1.29 is 13.6 Å². The Hall–Kier alpha value is -2.50. The highest BCUT2D eigenvalue weighted by Gasteiger charge is 2.27. The highest BCUT2D eigenvalue weighted by Crippen LogP contribution is 2.26. The summed E-state index contributed by atoms with van der Waals surface area (Å²) in [5, 5.41) is 0. The quantitative estimate of drug-likeness (QED) is 0.881. The van der Waals surface area contributed by atoms with Crippen molar-refractivity contribution in [3.8, 4) is 0 Å². The number of H-pyrrole nitrogens is 1. The maximum Gasteiger partial charge on any atom is 0.272 e. The zero-order valence-electron chi connectivity index (χ0n) is 13.5. The van der Waals surface area contributed by atoms with Crippen molar-refractivity contribution in [2.24, 2.45) is 0 Å². The van der Waals surface area contributed by atoms with Gasteiger partial charge < -0.3 is 9.88 Å². The lowest BCUT2D eigenvalue weighted by Gasteiger charge is -2.20. The molecule has 0 atom stereocenters. The molecule has 2 rings (SSSR count). The van der Waals surface area contributed by atoms with E-state index in [0.717, 1.165) is 12.1 Å². The fourth-order valence-corrected chi connectivity index (χ4v) is 2.70. The molecule has 0 spiro atoms. The summed E-state index contributed by atoms with van der Waals surface area (Å²) in [7, 11) is 3.21. The Bertz CT molecular complexity index is 806. The number of aromatic nitrogens is 1. The molecule has 1 aromatic heterocycles. The molecule has 0 aliphatic heterocycles. The van der Waals surface area contributed by atoms with E-state index in [4.69, 9.17) is 0 Å². The Labute approximate surface area is 132 Å². The lowest BCUT2D eigenvalue weighted by molar-refractivity contribution is 0.103. The zero-order valence-corrected chi connectivity index (χ0v) is 13.5. The predicted octanol–water partition coefficient (Wildman–Crippen LogP) is 2.82. The molecule has 0 radical (unpaired) electrons. The van der Waals surface area contributed by atoms with Crippen LogP contribution in [0.1, 0.15) is 34.1 Å². The molecule has 0 fully saturated rings. The van der Waals surface area contributed by atoms with Crippen molar-refractivity contribution >= 4 is 11.5 Å². The van der Waals surface area contributed by atoms with Gasteiger partial charge in [0, 0.05) is 19.8 Å². The standard InChI is InChI=1S/C17H18F2N2O2/c1-5-10-9(2)20-17(23)15(21(3)4)13(10)16(22)14-11(18)7-6-8-12(14)19/h6-8H,5H2,1-4H3,(H,20,23). The molecule has 2 aromatic rings. The fourth-order valence-electron chi connectivity index (χ4n) is 2.70. The second-order valence-electron chi connectivity index (χ2n) is 5.46. The number of halogens is 2. The normalized spacial score (nSPS) is 10.7. The number of nitrogens with zero attached hydrogens (tertiary/aromatic N) is 1. The van der Waals surface area contributed by atoms with Crippen LogP contribution in [0.5, 0.6) is 0 Å². The van der Waals surface area contributed by atoms with Crippen LogP contribution in [0.15, 0.2) is 23.0 Å². The van der Waals surface area contributed by atoms with Crippen LogP contribution in [0.2, 0.25) is 0 Å². The first-order chi connectivity index (χ1) is 10.8. The lowest BCUT2D eigenvalue weighted by Crippen LogP contribution is -2.28. The molecule has 0 amide bonds. The van der Waals surface area contributed by atoms with Crippen molar-refractivity contribution in [3.63, 3.8) is 0 Å². The van der Waals surface area contributed by atoms with Gasteiger partial charge in [0.15, 0.2) is 0 Å². The Morgan fingerprint density at radius 2 is 1.74 bits per heavy atom. The van der Waals surface area contributed by atoms with E-state index in [1.807, 2.05) is 6.92 Å². The molecular formula is C17H18F2N2O2. The monoisotopic (exact) mass is 320 g/mol. The van der Waals surface area contributed by atoms with E-state index in [2.05, 4.69) is 4.98 Å². The van der Waals surface area contributed by atoms with Gasteiger partial charge in [0.1, 0.15) is 17.3 Å². The molecule has 23 heavy (non-hydrogen) atoms. The summed E-state index contributed by atoms with van der Waals surface area (Å²) >= 11 is 0. The smallest absolute Gasteiger partial charge is 0.272 e. The average molecular weight is 320 g/mol. The maximum absolute atomic E-state index is 14.0. The van der Waals surface area contributed by atoms with Crippen LogP contribution in [-0.4, -0.2) is 24.9 Å². The number of carbonyl (C=O) groups excluding carboxylic acids is 1. The molecule has 0 bridgehead atoms. The molecule has 1 N–H and O–H groups in total. The third kappa shape index (κ3) is 2.88. The zero-order chi connectivity index (χ0) is 17.3. The van der Waals surface area contributed by atoms with E-state index in [9.17, 15) is 18.4 Å². The van der Waals surface area contributed by atoms with Crippen LogP contribution < -0.4 is 10.5 Å². The van der Waals surface area contributed by atoms with Gasteiger partial charge in [0.2, 0.25) is 5.78 Å². The van der Waals surface area contributed by atoms with Gasteiger partial charge in [-0.15, -0.1) is 0 Å². The summed E-state index contributed by atoms with van der Waals surface area (Å²) in [6.45, 7) is 3.47. The molecule has 0 saturated heterocycles. The minimum Gasteiger partial charge on any atom is -0.373 e. The number of aryl methyl sites for hydroxylation is 1. The summed E-state index contributed by atoms with van der Waals surface area (Å²) in [5.74, 6) is -2.71. The summed E-state index contributed by atoms with van der Waals surface area (Å²) in [4.78, 5) is 29.2. The van der Waals surface area contributed by atoms with Gasteiger partial charge in [-0.2, -0.15) is 0 Å². The third-order valence-electron chi connectivity index (χ3n) is 3.73. The van der Waals surface area contributed by atoms with Crippen LogP contribution in [0.25, 0.3) is 0 Å². The maximum atomic E-state index is 14.0. The number of nitrogens with one attached hydrogen (secondary N) is 1. The van der Waals surface area contributed by atoms with E-state index >= 15 is 0 Å². The lowest BCUT2D eigenvalue weighted by atomic mass is 9.94. The number of benzene rings is 1. The van der Waals surface area contributed by atoms with Crippen molar-refractivity contribution in [1.29, 1.82) is 0 Å². The van der Waals surface area contributed by atoms with Crippen molar-refractivity contribution in [3.05, 3.63) is 62.6 Å². The number of hydrogen-bond acceptors (Lipinski definition) is 3. The first-order valence-corrected chi connectivity index (χ1v) is 7.21. The van der Waals surface area contributed by atoms with Crippen molar-refractivity contribution in [2.75, 3.05) is 19.0 Å². The molecule has 0 aliphatic carbocycles. The summed E-state index contributed by atoms with van der Waals surface area (Å²) in [5.41, 5.74) is 0.118. The fraction of sp³-hybridized carbons (Fsp3) is 0.294. The van der Waals surface area contributed by atoms with Gasteiger partial charge >= 0.3 is 0 Å². The SMILES string of the molecule is CCc1c(C)[nH]c(=O)c(N(C)C)c1C(=O)c1c(F)cccc1F. The first-order valence-electron chi connectivity index (χ1n) is 7.21. The van der Waals surface area contributed by atoms with Crippen LogP contribution in [0, 0.1) is 18.6 Å². The number of ketones is 1. The Morgan fingerprint density at radius 3 is 2.22 bits per heavy atom. The van der Waals surface area contributed by atoms with Crippen LogP contribution in [0.4, 0.5) is 14.5 Å². The molecule has 1 aromatic carbocycles. The van der Waals surface area contributed by atoms with E-state index in [1.54, 1.807) is 21.0 Å². The highest BCUT2D eigenvalue weighted by atomic mass is 19.1. The number of pyridine rings is 1. The van der Waals surface area contributed by atoms with Gasteiger partial charge in [-0.25, -0.2) is 8.78 Å². The van der Waals surface area contributed by atoms with Crippen LogP contribution >= 0.6 is 0 Å². The molecule has 0 aliphatic rings. The first kappa shape index (κ1) is 16.9. The van der Waals surface area contributed by atoms with E-state index < -0.39 is 28.5 Å². The molecule has 1 heterocycles. The van der Waals surface area contributed by atoms with Gasteiger partial charge in [-0.3, -0.25) is 9.59 Å². The van der Waals surface area contributed by atoms with E-state index in [0.29, 0.717) is 17.7 Å². The van der Waals surface area contributed by atoms with Gasteiger partial charge in [0.05, 0.1) is 11.1 Å². The third-order valence-corrected chi connectivity index (χ3v) is 3.73. The summed E-state index contributed by atoms with van der Waals surface area (Å²) in [6.07, 6.45) is 0.445. The van der Waals surface area contributed by atoms with Crippen LogP contribution in [0.3, 0.4) is 0 Å². The Morgan fingerprint density at radius 1 is 1.17 bits per heavy atom. The van der Waals surface area contributed by atoms with Gasteiger partial charge in [-0.05, 0) is 31.0 Å². The Kier molecular flexibility index (Phi) is 4.63. The molecular weight excluding hydrogens is 302 g/mol. The second kappa shape index (κ2) is 6.32. The largest absolute Gasteiger partial charge is 0.373 e. The number of rotatable bonds is 4. The minimum atomic E-state index is -0.945. The van der Waals surface area contributed by atoms with Crippen LogP contribution in [-0.2, 0) is 6.42 Å². The molecule has 122 valence electrons. The summed E-state index contributed by atoms with van der Waals surface area (Å²) < 4.78 is 28.0. The van der Waals surface area contributed by atoms with Crippen molar-refractivity contribution in [1.82, 2.24) is 4.98 Å². The molecule has 0 unspecified atom stereocenters. The van der Waals surface area contributed by atoms with E-state index in [1.165, 1.54) is 11.0 Å².